The van der Waals surface area contributed by atoms with Gasteiger partial charge in [-0.1, -0.05) is 12.1 Å². The minimum atomic E-state index is -0.391. The second-order valence-corrected chi connectivity index (χ2v) is 4.00. The lowest BCUT2D eigenvalue weighted by molar-refractivity contribution is -0.118. The van der Waals surface area contributed by atoms with E-state index in [9.17, 15) is 14.0 Å². The molecule has 0 aliphatic heterocycles. The van der Waals surface area contributed by atoms with Crippen LogP contribution in [0.5, 0.6) is 5.75 Å². The normalized spacial score (nSPS) is 9.85. The molecule has 0 spiro atoms. The van der Waals surface area contributed by atoms with E-state index in [1.54, 1.807) is 24.3 Å². The zero-order valence-corrected chi connectivity index (χ0v) is 10.5. The van der Waals surface area contributed by atoms with Gasteiger partial charge in [0.2, 0.25) is 0 Å². The molecule has 0 unspecified atom stereocenters. The van der Waals surface area contributed by atoms with Crippen LogP contribution in [0, 0.1) is 5.82 Å². The lowest BCUT2D eigenvalue weighted by atomic mass is 10.2. The fraction of sp³-hybridized carbons (Fsp3) is 0.0667. The Bertz CT molecular complexity index is 611. The van der Waals surface area contributed by atoms with Gasteiger partial charge in [-0.3, -0.25) is 9.59 Å². The van der Waals surface area contributed by atoms with Crippen LogP contribution < -0.4 is 10.1 Å². The highest BCUT2D eigenvalue weighted by Gasteiger charge is 2.06. The Labute approximate surface area is 115 Å². The fourth-order valence-electron chi connectivity index (χ4n) is 1.58. The maximum absolute atomic E-state index is 12.7. The molecule has 102 valence electrons. The van der Waals surface area contributed by atoms with E-state index in [2.05, 4.69) is 5.32 Å². The summed E-state index contributed by atoms with van der Waals surface area (Å²) in [5.74, 6) is -0.423. The summed E-state index contributed by atoms with van der Waals surface area (Å²) in [7, 11) is 0. The second kappa shape index (κ2) is 6.47. The van der Waals surface area contributed by atoms with Gasteiger partial charge in [-0.15, -0.1) is 0 Å². The van der Waals surface area contributed by atoms with Crippen LogP contribution in [-0.4, -0.2) is 18.8 Å². The fourth-order valence-corrected chi connectivity index (χ4v) is 1.58. The summed E-state index contributed by atoms with van der Waals surface area (Å²) in [6, 6.07) is 12.0. The van der Waals surface area contributed by atoms with E-state index in [1.165, 1.54) is 24.3 Å². The molecule has 1 N–H and O–H groups in total. The third-order valence-electron chi connectivity index (χ3n) is 2.53. The summed E-state index contributed by atoms with van der Waals surface area (Å²) in [4.78, 5) is 22.4. The topological polar surface area (TPSA) is 55.4 Å². The van der Waals surface area contributed by atoms with Crippen LogP contribution in [0.3, 0.4) is 0 Å². The van der Waals surface area contributed by atoms with Crippen LogP contribution in [-0.2, 0) is 4.79 Å². The van der Waals surface area contributed by atoms with Crippen LogP contribution in [0.25, 0.3) is 0 Å². The van der Waals surface area contributed by atoms with Crippen molar-refractivity contribution < 1.29 is 18.7 Å². The van der Waals surface area contributed by atoms with Crippen molar-refractivity contribution in [3.63, 3.8) is 0 Å². The Morgan fingerprint density at radius 2 is 1.85 bits per heavy atom. The number of halogens is 1. The minimum Gasteiger partial charge on any atom is -0.483 e. The number of hydrogen-bond acceptors (Lipinski definition) is 3. The van der Waals surface area contributed by atoms with Gasteiger partial charge >= 0.3 is 0 Å². The van der Waals surface area contributed by atoms with E-state index >= 15 is 0 Å². The minimum absolute atomic E-state index is 0.234. The maximum atomic E-state index is 12.7. The number of ether oxygens (including phenoxy) is 1. The van der Waals surface area contributed by atoms with Crippen molar-refractivity contribution in [2.75, 3.05) is 11.9 Å². The van der Waals surface area contributed by atoms with E-state index in [0.29, 0.717) is 23.3 Å². The summed E-state index contributed by atoms with van der Waals surface area (Å²) in [6.45, 7) is -0.234. The molecular weight excluding hydrogens is 261 g/mol. The first-order valence-corrected chi connectivity index (χ1v) is 5.91. The Kier molecular flexibility index (Phi) is 4.44. The third kappa shape index (κ3) is 3.65. The average molecular weight is 273 g/mol. The van der Waals surface area contributed by atoms with Gasteiger partial charge in [-0.05, 0) is 36.4 Å². The quantitative estimate of drug-likeness (QED) is 0.852. The van der Waals surface area contributed by atoms with Crippen molar-refractivity contribution >= 4 is 17.9 Å². The predicted molar refractivity (Wildman–Crippen MR) is 72.4 cm³/mol. The van der Waals surface area contributed by atoms with Crippen molar-refractivity contribution in [3.05, 3.63) is 59.9 Å². The summed E-state index contributed by atoms with van der Waals surface area (Å²) < 4.78 is 18.0. The predicted octanol–water partition coefficient (Wildman–Crippen LogP) is 2.66. The Morgan fingerprint density at radius 3 is 2.55 bits per heavy atom. The lowest BCUT2D eigenvalue weighted by Crippen LogP contribution is -2.20. The molecule has 0 atom stereocenters. The van der Waals surface area contributed by atoms with Gasteiger partial charge in [0, 0.05) is 5.69 Å². The molecule has 2 aromatic carbocycles. The molecule has 0 radical (unpaired) electrons. The number of hydrogen-bond donors (Lipinski definition) is 1. The number of benzene rings is 2. The largest absolute Gasteiger partial charge is 0.483 e. The van der Waals surface area contributed by atoms with E-state index in [4.69, 9.17) is 4.74 Å². The highest BCUT2D eigenvalue weighted by molar-refractivity contribution is 5.92. The molecule has 0 fully saturated rings. The first-order valence-electron chi connectivity index (χ1n) is 5.91. The number of nitrogens with one attached hydrogen (secondary N) is 1. The van der Waals surface area contributed by atoms with Crippen LogP contribution >= 0.6 is 0 Å². The summed E-state index contributed by atoms with van der Waals surface area (Å²) in [5, 5.41) is 2.56. The molecule has 0 saturated carbocycles. The number of para-hydroxylation sites is 1. The Hall–Kier alpha value is -2.69. The summed E-state index contributed by atoms with van der Waals surface area (Å²) in [6.07, 6.45) is 0.660. The lowest BCUT2D eigenvalue weighted by Gasteiger charge is -2.08. The highest BCUT2D eigenvalue weighted by Crippen LogP contribution is 2.15. The zero-order chi connectivity index (χ0) is 14.4. The van der Waals surface area contributed by atoms with Gasteiger partial charge in [0.25, 0.3) is 5.91 Å². The molecule has 2 rings (SSSR count). The highest BCUT2D eigenvalue weighted by atomic mass is 19.1. The van der Waals surface area contributed by atoms with E-state index in [1.807, 2.05) is 0 Å². The molecule has 1 amide bonds. The summed E-state index contributed by atoms with van der Waals surface area (Å²) >= 11 is 0. The van der Waals surface area contributed by atoms with Gasteiger partial charge in [0.15, 0.2) is 12.9 Å². The number of amides is 1. The standard InChI is InChI=1S/C15H12FNO3/c16-12-5-7-13(8-6-12)17-15(19)10-20-14-4-2-1-3-11(14)9-18/h1-9H,10H2,(H,17,19). The number of carbonyl (C=O) groups excluding carboxylic acids is 2. The van der Waals surface area contributed by atoms with E-state index in [0.717, 1.165) is 0 Å². The van der Waals surface area contributed by atoms with Gasteiger partial charge in [0.1, 0.15) is 11.6 Å². The van der Waals surface area contributed by atoms with Crippen molar-refractivity contribution in [1.82, 2.24) is 0 Å². The Balaban J connectivity index is 1.92. The average Bonchev–Trinajstić information content (AvgIpc) is 2.48. The smallest absolute Gasteiger partial charge is 0.262 e. The van der Waals surface area contributed by atoms with Crippen LogP contribution in [0.15, 0.2) is 48.5 Å². The van der Waals surface area contributed by atoms with Crippen molar-refractivity contribution in [2.45, 2.75) is 0 Å². The molecule has 5 heteroatoms. The molecule has 0 bridgehead atoms. The maximum Gasteiger partial charge on any atom is 0.262 e. The molecule has 0 heterocycles. The number of carbonyl (C=O) groups is 2. The first-order chi connectivity index (χ1) is 9.69. The van der Waals surface area contributed by atoms with Crippen LogP contribution in [0.1, 0.15) is 10.4 Å². The van der Waals surface area contributed by atoms with Gasteiger partial charge in [0.05, 0.1) is 5.56 Å². The summed E-state index contributed by atoms with van der Waals surface area (Å²) in [5.41, 5.74) is 0.853. The van der Waals surface area contributed by atoms with Crippen molar-refractivity contribution in [3.8, 4) is 5.75 Å². The zero-order valence-electron chi connectivity index (χ0n) is 10.5. The number of rotatable bonds is 5. The second-order valence-electron chi connectivity index (χ2n) is 4.00. The van der Waals surface area contributed by atoms with E-state index < -0.39 is 5.91 Å². The molecular formula is C15H12FNO3. The molecule has 2 aromatic rings. The third-order valence-corrected chi connectivity index (χ3v) is 2.53. The Morgan fingerprint density at radius 1 is 1.15 bits per heavy atom. The molecule has 0 aromatic heterocycles. The van der Waals surface area contributed by atoms with Gasteiger partial charge < -0.3 is 10.1 Å². The molecule has 0 saturated heterocycles. The van der Waals surface area contributed by atoms with Crippen molar-refractivity contribution in [2.24, 2.45) is 0 Å². The number of aldehydes is 1. The van der Waals surface area contributed by atoms with Crippen LogP contribution in [0.2, 0.25) is 0 Å². The SMILES string of the molecule is O=Cc1ccccc1OCC(=O)Nc1ccc(F)cc1. The molecule has 20 heavy (non-hydrogen) atoms. The van der Waals surface area contributed by atoms with Crippen molar-refractivity contribution in [1.29, 1.82) is 0 Å². The van der Waals surface area contributed by atoms with Crippen LogP contribution in [0.4, 0.5) is 10.1 Å². The number of anilines is 1. The molecule has 0 aliphatic rings. The van der Waals surface area contributed by atoms with Gasteiger partial charge in [-0.2, -0.15) is 0 Å². The van der Waals surface area contributed by atoms with E-state index in [-0.39, 0.29) is 12.4 Å². The molecule has 4 nitrogen and oxygen atoms in total. The monoisotopic (exact) mass is 273 g/mol. The van der Waals surface area contributed by atoms with Gasteiger partial charge in [-0.25, -0.2) is 4.39 Å². The molecule has 0 aliphatic carbocycles. The first kappa shape index (κ1) is 13.7.